The predicted octanol–water partition coefficient (Wildman–Crippen LogP) is 2.48. The molecule has 142 valence electrons. The normalized spacial score (nSPS) is 11.0. The minimum atomic E-state index is -0.289. The Balaban J connectivity index is 1.64. The Kier molecular flexibility index (Phi) is 5.60. The van der Waals surface area contributed by atoms with E-state index in [0.717, 1.165) is 22.4 Å². The number of methoxy groups -OCH3 is 1. The second kappa shape index (κ2) is 8.09. The molecule has 0 spiro atoms. The van der Waals surface area contributed by atoms with Gasteiger partial charge in [-0.05, 0) is 32.0 Å². The van der Waals surface area contributed by atoms with Crippen molar-refractivity contribution in [2.24, 2.45) is 0 Å². The standard InChI is InChI=1S/C18H22N6O3/c1-11-12(2)20-15-9-13(5-6-14(15)19-11)21-18(25)24(3)10-17-22-16(23-27-17)7-8-26-4/h5-6,9H,7-8,10H2,1-4H3,(H,21,25). The third-order valence-corrected chi connectivity index (χ3v) is 4.09. The van der Waals surface area contributed by atoms with Gasteiger partial charge in [0.25, 0.3) is 0 Å². The van der Waals surface area contributed by atoms with Crippen LogP contribution in [-0.4, -0.2) is 51.8 Å². The van der Waals surface area contributed by atoms with Gasteiger partial charge in [-0.3, -0.25) is 0 Å². The molecule has 9 heteroatoms. The summed E-state index contributed by atoms with van der Waals surface area (Å²) in [4.78, 5) is 27.1. The number of hydrogen-bond acceptors (Lipinski definition) is 7. The maximum absolute atomic E-state index is 12.4. The van der Waals surface area contributed by atoms with Gasteiger partial charge in [0.15, 0.2) is 5.82 Å². The lowest BCUT2D eigenvalue weighted by Gasteiger charge is -2.16. The molecule has 2 amide bonds. The molecule has 0 radical (unpaired) electrons. The molecule has 0 aliphatic rings. The van der Waals surface area contributed by atoms with Gasteiger partial charge in [-0.25, -0.2) is 14.8 Å². The van der Waals surface area contributed by atoms with E-state index in [2.05, 4.69) is 25.4 Å². The molecule has 2 heterocycles. The Morgan fingerprint density at radius 3 is 2.67 bits per heavy atom. The number of rotatable bonds is 6. The van der Waals surface area contributed by atoms with Crippen LogP contribution in [0.2, 0.25) is 0 Å². The molecule has 0 fully saturated rings. The van der Waals surface area contributed by atoms with Crippen molar-refractivity contribution in [3.05, 3.63) is 41.3 Å². The lowest BCUT2D eigenvalue weighted by molar-refractivity contribution is 0.199. The number of nitrogens with one attached hydrogen (secondary N) is 1. The molecule has 0 bridgehead atoms. The first kappa shape index (κ1) is 18.7. The van der Waals surface area contributed by atoms with Gasteiger partial charge in [0.2, 0.25) is 5.89 Å². The van der Waals surface area contributed by atoms with Crippen LogP contribution in [0.15, 0.2) is 22.7 Å². The summed E-state index contributed by atoms with van der Waals surface area (Å²) in [6.45, 7) is 4.55. The van der Waals surface area contributed by atoms with Crippen LogP contribution >= 0.6 is 0 Å². The number of hydrogen-bond donors (Lipinski definition) is 1. The maximum Gasteiger partial charge on any atom is 0.322 e. The van der Waals surface area contributed by atoms with Crippen LogP contribution in [0.3, 0.4) is 0 Å². The predicted molar refractivity (Wildman–Crippen MR) is 99.4 cm³/mol. The largest absolute Gasteiger partial charge is 0.384 e. The first-order valence-electron chi connectivity index (χ1n) is 8.54. The van der Waals surface area contributed by atoms with Crippen molar-refractivity contribution in [1.29, 1.82) is 0 Å². The zero-order valence-electron chi connectivity index (χ0n) is 15.8. The fraction of sp³-hybridized carbons (Fsp3) is 0.389. The smallest absolute Gasteiger partial charge is 0.322 e. The minimum absolute atomic E-state index is 0.206. The van der Waals surface area contributed by atoms with E-state index in [-0.39, 0.29) is 12.6 Å². The number of aromatic nitrogens is 4. The Morgan fingerprint density at radius 2 is 1.93 bits per heavy atom. The molecule has 0 atom stereocenters. The number of ether oxygens (including phenoxy) is 1. The molecule has 27 heavy (non-hydrogen) atoms. The Morgan fingerprint density at radius 1 is 1.19 bits per heavy atom. The van der Waals surface area contributed by atoms with Gasteiger partial charge in [0.05, 0.1) is 29.0 Å². The van der Waals surface area contributed by atoms with Gasteiger partial charge >= 0.3 is 6.03 Å². The van der Waals surface area contributed by atoms with Gasteiger partial charge in [0.1, 0.15) is 6.54 Å². The number of benzene rings is 1. The van der Waals surface area contributed by atoms with Crippen LogP contribution in [0.4, 0.5) is 10.5 Å². The van der Waals surface area contributed by atoms with Crippen molar-refractivity contribution < 1.29 is 14.1 Å². The second-order valence-electron chi connectivity index (χ2n) is 6.23. The molecule has 9 nitrogen and oxygen atoms in total. The third kappa shape index (κ3) is 4.56. The van der Waals surface area contributed by atoms with E-state index < -0.39 is 0 Å². The van der Waals surface area contributed by atoms with Gasteiger partial charge in [-0.15, -0.1) is 0 Å². The maximum atomic E-state index is 12.4. The first-order chi connectivity index (χ1) is 13.0. The molecule has 0 aliphatic heterocycles. The third-order valence-electron chi connectivity index (χ3n) is 4.09. The molecule has 1 aromatic carbocycles. The number of carbonyl (C=O) groups excluding carboxylic acids is 1. The fourth-order valence-electron chi connectivity index (χ4n) is 2.45. The molecular formula is C18H22N6O3. The van der Waals surface area contributed by atoms with Crippen LogP contribution in [0.1, 0.15) is 23.1 Å². The topological polar surface area (TPSA) is 106 Å². The highest BCUT2D eigenvalue weighted by Crippen LogP contribution is 2.18. The van der Waals surface area contributed by atoms with E-state index in [1.165, 1.54) is 4.90 Å². The number of fused-ring (bicyclic) bond motifs is 1. The zero-order chi connectivity index (χ0) is 19.4. The van der Waals surface area contributed by atoms with Crippen molar-refractivity contribution in [3.63, 3.8) is 0 Å². The summed E-state index contributed by atoms with van der Waals surface area (Å²) >= 11 is 0. The van der Waals surface area contributed by atoms with E-state index in [9.17, 15) is 4.79 Å². The Hall–Kier alpha value is -3.07. The number of nitrogens with zero attached hydrogens (tertiary/aromatic N) is 5. The lowest BCUT2D eigenvalue weighted by Crippen LogP contribution is -2.31. The Bertz CT molecular complexity index is 955. The summed E-state index contributed by atoms with van der Waals surface area (Å²) in [6.07, 6.45) is 0.562. The van der Waals surface area contributed by atoms with Crippen LogP contribution in [0.25, 0.3) is 11.0 Å². The summed E-state index contributed by atoms with van der Waals surface area (Å²) in [7, 11) is 3.27. The SMILES string of the molecule is COCCc1noc(CN(C)C(=O)Nc2ccc3nc(C)c(C)nc3c2)n1. The number of anilines is 1. The van der Waals surface area contributed by atoms with E-state index in [4.69, 9.17) is 9.26 Å². The Labute approximate surface area is 156 Å². The monoisotopic (exact) mass is 370 g/mol. The fourth-order valence-corrected chi connectivity index (χ4v) is 2.45. The lowest BCUT2D eigenvalue weighted by atomic mass is 10.2. The van der Waals surface area contributed by atoms with Crippen LogP contribution < -0.4 is 5.32 Å². The average Bonchev–Trinajstić information content (AvgIpc) is 3.08. The van der Waals surface area contributed by atoms with Gasteiger partial charge in [-0.1, -0.05) is 5.16 Å². The van der Waals surface area contributed by atoms with Crippen molar-refractivity contribution in [1.82, 2.24) is 25.0 Å². The van der Waals surface area contributed by atoms with Crippen LogP contribution in [-0.2, 0) is 17.7 Å². The summed E-state index contributed by atoms with van der Waals surface area (Å²) in [5, 5.41) is 6.70. The molecule has 3 rings (SSSR count). The molecule has 0 unspecified atom stereocenters. The number of amides is 2. The van der Waals surface area contributed by atoms with Crippen molar-refractivity contribution in [2.45, 2.75) is 26.8 Å². The molecule has 3 aromatic rings. The van der Waals surface area contributed by atoms with E-state index in [0.29, 0.717) is 30.4 Å². The highest BCUT2D eigenvalue weighted by molar-refractivity contribution is 5.91. The van der Waals surface area contributed by atoms with Crippen molar-refractivity contribution in [3.8, 4) is 0 Å². The van der Waals surface area contributed by atoms with Gasteiger partial charge < -0.3 is 19.5 Å². The molecular weight excluding hydrogens is 348 g/mol. The average molecular weight is 370 g/mol. The number of aryl methyl sites for hydroxylation is 2. The highest BCUT2D eigenvalue weighted by atomic mass is 16.5. The van der Waals surface area contributed by atoms with Crippen LogP contribution in [0.5, 0.6) is 0 Å². The van der Waals surface area contributed by atoms with E-state index in [1.807, 2.05) is 19.9 Å². The highest BCUT2D eigenvalue weighted by Gasteiger charge is 2.14. The molecule has 0 saturated heterocycles. The zero-order valence-corrected chi connectivity index (χ0v) is 15.8. The number of urea groups is 1. The molecule has 0 saturated carbocycles. The molecule has 2 aromatic heterocycles. The summed E-state index contributed by atoms with van der Waals surface area (Å²) in [5.74, 6) is 0.925. The first-order valence-corrected chi connectivity index (χ1v) is 8.54. The summed E-state index contributed by atoms with van der Waals surface area (Å²) in [5.41, 5.74) is 3.92. The second-order valence-corrected chi connectivity index (χ2v) is 6.23. The minimum Gasteiger partial charge on any atom is -0.384 e. The molecule has 1 N–H and O–H groups in total. The number of carbonyl (C=O) groups is 1. The van der Waals surface area contributed by atoms with E-state index >= 15 is 0 Å². The summed E-state index contributed by atoms with van der Waals surface area (Å²) < 4.78 is 10.1. The van der Waals surface area contributed by atoms with Crippen LogP contribution in [0, 0.1) is 13.8 Å². The van der Waals surface area contributed by atoms with E-state index in [1.54, 1.807) is 26.3 Å². The van der Waals surface area contributed by atoms with Crippen molar-refractivity contribution >= 4 is 22.8 Å². The van der Waals surface area contributed by atoms with Gasteiger partial charge in [0, 0.05) is 26.3 Å². The molecule has 0 aliphatic carbocycles. The summed E-state index contributed by atoms with van der Waals surface area (Å²) in [6, 6.07) is 5.15. The van der Waals surface area contributed by atoms with Gasteiger partial charge in [-0.2, -0.15) is 4.98 Å². The van der Waals surface area contributed by atoms with Crippen molar-refractivity contribution in [2.75, 3.05) is 26.1 Å². The quantitative estimate of drug-likeness (QED) is 0.710.